The van der Waals surface area contributed by atoms with Crippen LogP contribution in [0.4, 0.5) is 0 Å². The largest absolute Gasteiger partial charge is 0.505 e. The van der Waals surface area contributed by atoms with Crippen molar-refractivity contribution in [1.29, 1.82) is 5.26 Å². The molecule has 156 valence electrons. The topological polar surface area (TPSA) is 95.6 Å². The van der Waals surface area contributed by atoms with Gasteiger partial charge in [0.1, 0.15) is 17.7 Å². The molecule has 0 spiro atoms. The Kier molecular flexibility index (Phi) is 6.60. The number of aliphatic hydroxyl groups is 1. The van der Waals surface area contributed by atoms with E-state index in [-0.39, 0.29) is 17.4 Å². The molecule has 0 fully saturated rings. The van der Waals surface area contributed by atoms with Crippen molar-refractivity contribution < 1.29 is 19.5 Å². The van der Waals surface area contributed by atoms with Crippen LogP contribution in [0.5, 0.6) is 11.5 Å². The molecule has 3 rings (SSSR count). The quantitative estimate of drug-likeness (QED) is 0.394. The zero-order chi connectivity index (χ0) is 21.7. The highest BCUT2D eigenvalue weighted by Crippen LogP contribution is 2.27. The van der Waals surface area contributed by atoms with Gasteiger partial charge in [-0.15, -0.1) is 0 Å². The Morgan fingerprint density at radius 3 is 2.60 bits per heavy atom. The average molecular weight is 407 g/mol. The maximum atomic E-state index is 10.8. The zero-order valence-electron chi connectivity index (χ0n) is 17.7. The van der Waals surface area contributed by atoms with Crippen LogP contribution in [0.15, 0.2) is 48.2 Å². The number of nitriles is 1. The Bertz CT molecular complexity index is 1060. The number of aromatic amines is 1. The summed E-state index contributed by atoms with van der Waals surface area (Å²) in [6.07, 6.45) is 0.788. The Balaban J connectivity index is 1.75. The summed E-state index contributed by atoms with van der Waals surface area (Å²) in [5.41, 5.74) is 2.87. The number of imidazole rings is 1. The van der Waals surface area contributed by atoms with E-state index in [4.69, 9.17) is 9.47 Å². The highest BCUT2D eigenvalue weighted by Gasteiger charge is 2.24. The molecule has 0 saturated heterocycles. The van der Waals surface area contributed by atoms with E-state index in [1.807, 2.05) is 56.4 Å². The fourth-order valence-corrected chi connectivity index (χ4v) is 3.35. The highest BCUT2D eigenvalue weighted by molar-refractivity contribution is 5.82. The van der Waals surface area contributed by atoms with E-state index in [0.29, 0.717) is 17.3 Å². The minimum absolute atomic E-state index is 0.0290. The van der Waals surface area contributed by atoms with Gasteiger partial charge in [-0.2, -0.15) is 5.26 Å². The van der Waals surface area contributed by atoms with E-state index in [1.165, 1.54) is 0 Å². The van der Waals surface area contributed by atoms with Gasteiger partial charge >= 0.3 is 0 Å². The molecule has 30 heavy (non-hydrogen) atoms. The van der Waals surface area contributed by atoms with Gasteiger partial charge in [0.25, 0.3) is 0 Å². The van der Waals surface area contributed by atoms with E-state index in [0.717, 1.165) is 34.5 Å². The van der Waals surface area contributed by atoms with Gasteiger partial charge in [0.2, 0.25) is 0 Å². The molecule has 0 saturated carbocycles. The number of nitrogens with one attached hydrogen (secondary N) is 2. The Morgan fingerprint density at radius 2 is 1.93 bits per heavy atom. The predicted molar refractivity (Wildman–Crippen MR) is 116 cm³/mol. The van der Waals surface area contributed by atoms with Gasteiger partial charge in [0.05, 0.1) is 38.8 Å². The van der Waals surface area contributed by atoms with Crippen molar-refractivity contribution in [1.82, 2.24) is 9.97 Å². The Labute approximate surface area is 176 Å². The van der Waals surface area contributed by atoms with Gasteiger partial charge in [0.15, 0.2) is 23.1 Å². The number of benzene rings is 2. The van der Waals surface area contributed by atoms with Gasteiger partial charge in [-0.3, -0.25) is 0 Å². The van der Waals surface area contributed by atoms with Crippen LogP contribution >= 0.6 is 0 Å². The maximum Gasteiger partial charge on any atom is 0.172 e. The van der Waals surface area contributed by atoms with E-state index in [9.17, 15) is 10.4 Å². The number of quaternary nitrogens is 1. The molecule has 0 bridgehead atoms. The van der Waals surface area contributed by atoms with Crippen molar-refractivity contribution in [3.05, 3.63) is 59.6 Å². The second-order valence-electron chi connectivity index (χ2n) is 7.23. The molecule has 0 aliphatic rings. The number of fused-ring (bicyclic) bond motifs is 1. The molecule has 3 N–H and O–H groups in total. The normalized spacial score (nSPS) is 14.0. The summed E-state index contributed by atoms with van der Waals surface area (Å²) in [6.45, 7) is 2.67. The molecule has 7 heteroatoms. The molecule has 2 aromatic carbocycles. The summed E-state index contributed by atoms with van der Waals surface area (Å²) in [6, 6.07) is 15.2. The molecule has 0 aliphatic carbocycles. The van der Waals surface area contributed by atoms with Gasteiger partial charge < -0.3 is 24.5 Å². The average Bonchev–Trinajstić information content (AvgIpc) is 3.20. The summed E-state index contributed by atoms with van der Waals surface area (Å²) in [5.74, 6) is 1.80. The number of aromatic nitrogens is 2. The van der Waals surface area contributed by atoms with Crippen molar-refractivity contribution >= 4 is 16.6 Å². The van der Waals surface area contributed by atoms with Gasteiger partial charge in [-0.25, -0.2) is 4.98 Å². The molecule has 0 aliphatic heterocycles. The lowest BCUT2D eigenvalue weighted by Gasteiger charge is -2.22. The van der Waals surface area contributed by atoms with Crippen molar-refractivity contribution in [3.8, 4) is 17.6 Å². The minimum atomic E-state index is -0.270. The number of ether oxygens (including phenoxy) is 2. The molecular formula is C23H27N4O3+. The van der Waals surface area contributed by atoms with Gasteiger partial charge in [-0.05, 0) is 36.8 Å². The summed E-state index contributed by atoms with van der Waals surface area (Å²) in [5, 5.41) is 20.5. The lowest BCUT2D eigenvalue weighted by atomic mass is 10.1. The molecule has 1 heterocycles. The number of para-hydroxylation sites is 2. The maximum absolute atomic E-state index is 10.8. The SMILES string of the molecule is COc1ccc(CC[NH+](C)[C@H](C)/C(O)=C(\C#N)c2nc3ccccc3[nH]2)cc1OC. The van der Waals surface area contributed by atoms with Gasteiger partial charge in [-0.1, -0.05) is 18.2 Å². The van der Waals surface area contributed by atoms with E-state index in [1.54, 1.807) is 14.2 Å². The third-order valence-corrected chi connectivity index (χ3v) is 5.40. The van der Waals surface area contributed by atoms with Crippen LogP contribution < -0.4 is 14.4 Å². The van der Waals surface area contributed by atoms with E-state index < -0.39 is 0 Å². The van der Waals surface area contributed by atoms with Crippen LogP contribution in [-0.4, -0.2) is 48.9 Å². The van der Waals surface area contributed by atoms with Crippen LogP contribution in [0.1, 0.15) is 18.3 Å². The molecule has 0 amide bonds. The monoisotopic (exact) mass is 407 g/mol. The van der Waals surface area contributed by atoms with Crippen molar-refractivity contribution in [3.63, 3.8) is 0 Å². The number of H-pyrrole nitrogens is 1. The second kappa shape index (κ2) is 9.33. The van der Waals surface area contributed by atoms with Crippen molar-refractivity contribution in [2.45, 2.75) is 19.4 Å². The molecular weight excluding hydrogens is 380 g/mol. The molecule has 3 aromatic rings. The number of hydrogen-bond acceptors (Lipinski definition) is 5. The lowest BCUT2D eigenvalue weighted by molar-refractivity contribution is -0.899. The van der Waals surface area contributed by atoms with E-state index >= 15 is 0 Å². The number of nitrogens with zero attached hydrogens (tertiary/aromatic N) is 2. The number of allylic oxidation sites excluding steroid dienone is 1. The van der Waals surface area contributed by atoms with Crippen LogP contribution in [0.25, 0.3) is 16.6 Å². The standard InChI is InChI=1S/C23H26N4O3/c1-15(27(2)12-11-16-9-10-20(29-3)21(13-16)30-4)22(28)17(14-24)23-25-18-7-5-6-8-19(18)26-23/h5-10,13,15,28H,11-12H2,1-4H3,(H,25,26)/p+1/b22-17-/t15-/m1/s1. The van der Waals surface area contributed by atoms with Crippen molar-refractivity contribution in [2.75, 3.05) is 27.8 Å². The van der Waals surface area contributed by atoms with Crippen LogP contribution in [0, 0.1) is 11.3 Å². The fourth-order valence-electron chi connectivity index (χ4n) is 3.35. The number of likely N-dealkylation sites (N-methyl/N-ethyl adjacent to an activating group) is 1. The number of methoxy groups -OCH3 is 2. The summed E-state index contributed by atoms with van der Waals surface area (Å²) >= 11 is 0. The summed E-state index contributed by atoms with van der Waals surface area (Å²) < 4.78 is 10.6. The molecule has 0 radical (unpaired) electrons. The molecule has 1 aromatic heterocycles. The Hall–Kier alpha value is -3.50. The number of aliphatic hydroxyl groups excluding tert-OH is 1. The van der Waals surface area contributed by atoms with Crippen LogP contribution in [0.2, 0.25) is 0 Å². The molecule has 7 nitrogen and oxygen atoms in total. The predicted octanol–water partition coefficient (Wildman–Crippen LogP) is 2.52. The summed E-state index contributed by atoms with van der Waals surface area (Å²) in [7, 11) is 5.22. The highest BCUT2D eigenvalue weighted by atomic mass is 16.5. The summed E-state index contributed by atoms with van der Waals surface area (Å²) in [4.78, 5) is 8.64. The van der Waals surface area contributed by atoms with Gasteiger partial charge in [0, 0.05) is 6.42 Å². The third kappa shape index (κ3) is 4.39. The first kappa shape index (κ1) is 21.2. The zero-order valence-corrected chi connectivity index (χ0v) is 17.7. The first-order valence-electron chi connectivity index (χ1n) is 9.80. The number of hydrogen-bond donors (Lipinski definition) is 3. The molecule has 2 atom stereocenters. The fraction of sp³-hybridized carbons (Fsp3) is 0.304. The number of rotatable bonds is 8. The minimum Gasteiger partial charge on any atom is -0.505 e. The Morgan fingerprint density at radius 1 is 1.20 bits per heavy atom. The third-order valence-electron chi connectivity index (χ3n) is 5.40. The smallest absolute Gasteiger partial charge is 0.172 e. The molecule has 1 unspecified atom stereocenters. The van der Waals surface area contributed by atoms with Crippen LogP contribution in [-0.2, 0) is 6.42 Å². The first-order valence-corrected chi connectivity index (χ1v) is 9.80. The first-order chi connectivity index (χ1) is 14.5. The lowest BCUT2D eigenvalue weighted by Crippen LogP contribution is -3.13. The second-order valence-corrected chi connectivity index (χ2v) is 7.23. The van der Waals surface area contributed by atoms with Crippen LogP contribution in [0.3, 0.4) is 0 Å². The van der Waals surface area contributed by atoms with Crippen molar-refractivity contribution in [2.24, 2.45) is 0 Å². The van der Waals surface area contributed by atoms with E-state index in [2.05, 4.69) is 16.0 Å².